The maximum absolute atomic E-state index is 13.3. The molecule has 1 aromatic carbocycles. The second-order valence-corrected chi connectivity index (χ2v) is 8.58. The summed E-state index contributed by atoms with van der Waals surface area (Å²) in [5, 5.41) is 1.05. The number of benzene rings is 1. The van der Waals surface area contributed by atoms with E-state index in [1.165, 1.54) is 31.2 Å². The summed E-state index contributed by atoms with van der Waals surface area (Å²) in [6.45, 7) is 9.12. The minimum absolute atomic E-state index is 0.124. The lowest BCUT2D eigenvalue weighted by atomic mass is 9.63. The van der Waals surface area contributed by atoms with Crippen LogP contribution in [0.1, 0.15) is 57.6 Å². The molecule has 1 aromatic rings. The average Bonchev–Trinajstić information content (AvgIpc) is 2.41. The molecule has 2 rings (SSSR count). The standard InChI is InChI=1S/C19H28BrF/c1-14-11-17(21)6-5-15(14)12-19(13-20)9-7-16(8-10-19)18(2,3)4/h5-6,11,16H,7-10,12-13H2,1-4H3. The van der Waals surface area contributed by atoms with Gasteiger partial charge in [0.15, 0.2) is 0 Å². The minimum Gasteiger partial charge on any atom is -0.207 e. The van der Waals surface area contributed by atoms with Crippen molar-refractivity contribution >= 4 is 15.9 Å². The first-order chi connectivity index (χ1) is 9.76. The molecule has 0 bridgehead atoms. The van der Waals surface area contributed by atoms with Gasteiger partial charge in [0.25, 0.3) is 0 Å². The number of hydrogen-bond donors (Lipinski definition) is 0. The summed E-state index contributed by atoms with van der Waals surface area (Å²) in [7, 11) is 0. The summed E-state index contributed by atoms with van der Waals surface area (Å²) >= 11 is 3.76. The summed E-state index contributed by atoms with van der Waals surface area (Å²) in [5.41, 5.74) is 3.17. The van der Waals surface area contributed by atoms with Gasteiger partial charge < -0.3 is 0 Å². The lowest BCUT2D eigenvalue weighted by Gasteiger charge is -2.43. The fraction of sp³-hybridized carbons (Fsp3) is 0.684. The Hall–Kier alpha value is -0.370. The van der Waals surface area contributed by atoms with E-state index in [9.17, 15) is 4.39 Å². The molecule has 0 amide bonds. The van der Waals surface area contributed by atoms with Crippen LogP contribution in [0, 0.1) is 29.5 Å². The van der Waals surface area contributed by atoms with E-state index in [1.807, 2.05) is 13.0 Å². The average molecular weight is 355 g/mol. The lowest BCUT2D eigenvalue weighted by molar-refractivity contribution is 0.103. The molecule has 1 fully saturated rings. The largest absolute Gasteiger partial charge is 0.207 e. The number of halogens is 2. The molecule has 118 valence electrons. The molecule has 0 atom stereocenters. The first kappa shape index (κ1) is 17.0. The number of hydrogen-bond acceptors (Lipinski definition) is 0. The van der Waals surface area contributed by atoms with Gasteiger partial charge in [0.05, 0.1) is 0 Å². The van der Waals surface area contributed by atoms with Gasteiger partial charge in [0.2, 0.25) is 0 Å². The van der Waals surface area contributed by atoms with Crippen molar-refractivity contribution in [1.82, 2.24) is 0 Å². The molecule has 1 aliphatic rings. The van der Waals surface area contributed by atoms with Crippen molar-refractivity contribution in [2.75, 3.05) is 5.33 Å². The Labute approximate surface area is 137 Å². The Morgan fingerprint density at radius 2 is 1.86 bits per heavy atom. The van der Waals surface area contributed by atoms with Crippen molar-refractivity contribution < 1.29 is 4.39 Å². The van der Waals surface area contributed by atoms with E-state index in [4.69, 9.17) is 0 Å². The zero-order valence-corrected chi connectivity index (χ0v) is 15.4. The molecule has 2 heteroatoms. The quantitative estimate of drug-likeness (QED) is 0.559. The summed E-state index contributed by atoms with van der Waals surface area (Å²) in [4.78, 5) is 0. The van der Waals surface area contributed by atoms with Crippen molar-refractivity contribution in [1.29, 1.82) is 0 Å². The van der Waals surface area contributed by atoms with Gasteiger partial charge in [0.1, 0.15) is 5.82 Å². The third-order valence-electron chi connectivity index (χ3n) is 5.42. The molecule has 1 aliphatic carbocycles. The van der Waals surface area contributed by atoms with Crippen LogP contribution in [0.25, 0.3) is 0 Å². The Morgan fingerprint density at radius 3 is 2.33 bits per heavy atom. The Balaban J connectivity index is 2.10. The predicted octanol–water partition coefficient (Wildman–Crippen LogP) is 6.29. The maximum Gasteiger partial charge on any atom is 0.123 e. The molecule has 0 N–H and O–H groups in total. The van der Waals surface area contributed by atoms with E-state index in [0.717, 1.165) is 23.2 Å². The van der Waals surface area contributed by atoms with E-state index >= 15 is 0 Å². The number of alkyl halides is 1. The molecule has 1 saturated carbocycles. The zero-order chi connectivity index (χ0) is 15.7. The van der Waals surface area contributed by atoms with Gasteiger partial charge in [-0.3, -0.25) is 0 Å². The first-order valence-corrected chi connectivity index (χ1v) is 9.19. The fourth-order valence-corrected chi connectivity index (χ4v) is 4.47. The fourth-order valence-electron chi connectivity index (χ4n) is 3.72. The van der Waals surface area contributed by atoms with Crippen LogP contribution in [0.5, 0.6) is 0 Å². The highest BCUT2D eigenvalue weighted by Crippen LogP contribution is 2.47. The van der Waals surface area contributed by atoms with Crippen molar-refractivity contribution in [3.05, 3.63) is 35.1 Å². The Bertz CT molecular complexity index is 479. The zero-order valence-electron chi connectivity index (χ0n) is 13.8. The minimum atomic E-state index is -0.124. The molecule has 0 spiro atoms. The second-order valence-electron chi connectivity index (χ2n) is 8.02. The van der Waals surface area contributed by atoms with Crippen LogP contribution in [0.15, 0.2) is 18.2 Å². The van der Waals surface area contributed by atoms with E-state index in [-0.39, 0.29) is 5.82 Å². The smallest absolute Gasteiger partial charge is 0.123 e. The highest BCUT2D eigenvalue weighted by molar-refractivity contribution is 9.09. The summed E-state index contributed by atoms with van der Waals surface area (Å²) in [5.74, 6) is 0.708. The van der Waals surface area contributed by atoms with Crippen LogP contribution in [0.4, 0.5) is 4.39 Å². The highest BCUT2D eigenvalue weighted by atomic mass is 79.9. The van der Waals surface area contributed by atoms with Crippen LogP contribution in [0.3, 0.4) is 0 Å². The van der Waals surface area contributed by atoms with Gasteiger partial charge in [-0.05, 0) is 79.0 Å². The van der Waals surface area contributed by atoms with Crippen LogP contribution in [-0.2, 0) is 6.42 Å². The molecule has 0 radical (unpaired) electrons. The van der Waals surface area contributed by atoms with E-state index in [0.29, 0.717) is 10.8 Å². The van der Waals surface area contributed by atoms with Gasteiger partial charge in [-0.25, -0.2) is 4.39 Å². The van der Waals surface area contributed by atoms with Crippen molar-refractivity contribution in [2.24, 2.45) is 16.7 Å². The maximum atomic E-state index is 13.3. The predicted molar refractivity (Wildman–Crippen MR) is 92.5 cm³/mol. The second kappa shape index (κ2) is 6.40. The van der Waals surface area contributed by atoms with Crippen LogP contribution < -0.4 is 0 Å². The SMILES string of the molecule is Cc1cc(F)ccc1CC1(CBr)CCC(C(C)(C)C)CC1. The molecule has 21 heavy (non-hydrogen) atoms. The van der Waals surface area contributed by atoms with E-state index in [2.05, 4.69) is 36.7 Å². The summed E-state index contributed by atoms with van der Waals surface area (Å²) in [6, 6.07) is 5.24. The van der Waals surface area contributed by atoms with Crippen molar-refractivity contribution in [3.63, 3.8) is 0 Å². The van der Waals surface area contributed by atoms with Crippen molar-refractivity contribution in [3.8, 4) is 0 Å². The molecule has 0 aliphatic heterocycles. The third-order valence-corrected chi connectivity index (χ3v) is 6.61. The molecule has 0 heterocycles. The van der Waals surface area contributed by atoms with Crippen molar-refractivity contribution in [2.45, 2.75) is 59.8 Å². The lowest BCUT2D eigenvalue weighted by Crippen LogP contribution is -2.35. The van der Waals surface area contributed by atoms with Crippen LogP contribution in [-0.4, -0.2) is 5.33 Å². The molecule has 0 saturated heterocycles. The van der Waals surface area contributed by atoms with Crippen LogP contribution in [0.2, 0.25) is 0 Å². The molecule has 0 unspecified atom stereocenters. The summed E-state index contributed by atoms with van der Waals surface area (Å²) < 4.78 is 13.3. The topological polar surface area (TPSA) is 0 Å². The molecule has 0 nitrogen and oxygen atoms in total. The van der Waals surface area contributed by atoms with Gasteiger partial charge in [-0.2, -0.15) is 0 Å². The normalized spacial score (nSPS) is 26.9. The summed E-state index contributed by atoms with van der Waals surface area (Å²) in [6.07, 6.45) is 6.25. The molecule has 0 aromatic heterocycles. The number of rotatable bonds is 3. The van der Waals surface area contributed by atoms with Crippen LogP contribution >= 0.6 is 15.9 Å². The van der Waals surface area contributed by atoms with Gasteiger partial charge in [-0.15, -0.1) is 0 Å². The Morgan fingerprint density at radius 1 is 1.24 bits per heavy atom. The van der Waals surface area contributed by atoms with Gasteiger partial charge in [0, 0.05) is 5.33 Å². The third kappa shape index (κ3) is 4.09. The Kier molecular flexibility index (Phi) is 5.18. The number of aryl methyl sites for hydroxylation is 1. The van der Waals surface area contributed by atoms with Gasteiger partial charge >= 0.3 is 0 Å². The van der Waals surface area contributed by atoms with E-state index in [1.54, 1.807) is 12.1 Å². The molecular formula is C19H28BrF. The monoisotopic (exact) mass is 354 g/mol. The molecular weight excluding hydrogens is 327 g/mol. The highest BCUT2D eigenvalue weighted by Gasteiger charge is 2.38. The van der Waals surface area contributed by atoms with E-state index < -0.39 is 0 Å². The first-order valence-electron chi connectivity index (χ1n) is 8.07. The van der Waals surface area contributed by atoms with Gasteiger partial charge in [-0.1, -0.05) is 42.8 Å².